The minimum absolute atomic E-state index is 0.102. The fourth-order valence-corrected chi connectivity index (χ4v) is 5.28. The van der Waals surface area contributed by atoms with Crippen LogP contribution in [0.15, 0.2) is 0 Å². The monoisotopic (exact) mass is 222 g/mol. The fourth-order valence-electron chi connectivity index (χ4n) is 5.28. The van der Waals surface area contributed by atoms with Crippen LogP contribution in [-0.2, 0) is 4.79 Å². The summed E-state index contributed by atoms with van der Waals surface area (Å²) in [7, 11) is 0. The van der Waals surface area contributed by atoms with E-state index in [1.807, 2.05) is 0 Å². The Morgan fingerprint density at radius 3 is 2.44 bits per heavy atom. The number of hydrogen-bond acceptors (Lipinski definition) is 2. The van der Waals surface area contributed by atoms with Gasteiger partial charge in [0.1, 0.15) is 0 Å². The summed E-state index contributed by atoms with van der Waals surface area (Å²) in [6.45, 7) is 2.29. The molecule has 0 heterocycles. The first kappa shape index (κ1) is 10.6. The molecule has 2 unspecified atom stereocenters. The molecule has 0 spiro atoms. The summed E-state index contributed by atoms with van der Waals surface area (Å²) < 4.78 is 0. The molecule has 4 rings (SSSR count). The van der Waals surface area contributed by atoms with Crippen LogP contribution in [0.3, 0.4) is 0 Å². The quantitative estimate of drug-likeness (QED) is 0.426. The molecule has 0 aliphatic heterocycles. The highest BCUT2D eigenvalue weighted by Gasteiger charge is 2.59. The van der Waals surface area contributed by atoms with Crippen LogP contribution in [0.1, 0.15) is 51.9 Å². The van der Waals surface area contributed by atoms with Gasteiger partial charge < -0.3 is 0 Å². The SMILES string of the molecule is CCC12CC3CC(C1)CC(C(=O)NN)(C3)C2. The molecule has 90 valence electrons. The number of carbonyl (C=O) groups is 1. The van der Waals surface area contributed by atoms with Crippen molar-refractivity contribution in [3.63, 3.8) is 0 Å². The van der Waals surface area contributed by atoms with E-state index in [1.54, 1.807) is 0 Å². The van der Waals surface area contributed by atoms with Crippen LogP contribution in [0.4, 0.5) is 0 Å². The Labute approximate surface area is 97.1 Å². The summed E-state index contributed by atoms with van der Waals surface area (Å²) in [5.41, 5.74) is 2.79. The smallest absolute Gasteiger partial charge is 0.240 e. The number of carbonyl (C=O) groups excluding carboxylic acids is 1. The Kier molecular flexibility index (Phi) is 2.13. The largest absolute Gasteiger partial charge is 0.294 e. The van der Waals surface area contributed by atoms with E-state index >= 15 is 0 Å². The topological polar surface area (TPSA) is 55.1 Å². The van der Waals surface area contributed by atoms with Gasteiger partial charge in [0.05, 0.1) is 5.41 Å². The van der Waals surface area contributed by atoms with Crippen molar-refractivity contribution < 1.29 is 4.79 Å². The van der Waals surface area contributed by atoms with E-state index in [2.05, 4.69) is 12.3 Å². The molecular weight excluding hydrogens is 200 g/mol. The van der Waals surface area contributed by atoms with Crippen molar-refractivity contribution in [2.45, 2.75) is 51.9 Å². The maximum atomic E-state index is 12.1. The van der Waals surface area contributed by atoms with Crippen LogP contribution >= 0.6 is 0 Å². The molecule has 0 aromatic heterocycles. The molecule has 4 aliphatic carbocycles. The predicted octanol–water partition coefficient (Wildman–Crippen LogP) is 1.97. The average Bonchev–Trinajstić information content (AvgIpc) is 2.26. The van der Waals surface area contributed by atoms with Crippen LogP contribution in [0, 0.1) is 22.7 Å². The summed E-state index contributed by atoms with van der Waals surface area (Å²) in [6, 6.07) is 0. The molecule has 4 saturated carbocycles. The third-order valence-electron chi connectivity index (χ3n) is 5.55. The zero-order chi connectivity index (χ0) is 11.4. The Morgan fingerprint density at radius 2 is 1.94 bits per heavy atom. The number of nitrogens with two attached hydrogens (primary N) is 1. The normalized spacial score (nSPS) is 49.4. The highest BCUT2D eigenvalue weighted by molar-refractivity contribution is 5.82. The Morgan fingerprint density at radius 1 is 1.31 bits per heavy atom. The van der Waals surface area contributed by atoms with Crippen LogP contribution in [0.2, 0.25) is 0 Å². The lowest BCUT2D eigenvalue weighted by molar-refractivity contribution is -0.157. The van der Waals surface area contributed by atoms with E-state index in [4.69, 9.17) is 5.84 Å². The lowest BCUT2D eigenvalue weighted by Gasteiger charge is -2.61. The summed E-state index contributed by atoms with van der Waals surface area (Å²) in [6.07, 6.45) is 8.59. The van der Waals surface area contributed by atoms with E-state index in [1.165, 1.54) is 25.7 Å². The van der Waals surface area contributed by atoms with Crippen molar-refractivity contribution in [3.05, 3.63) is 0 Å². The number of hydrogen-bond donors (Lipinski definition) is 2. The van der Waals surface area contributed by atoms with Gasteiger partial charge in [0.15, 0.2) is 0 Å². The zero-order valence-corrected chi connectivity index (χ0v) is 10.1. The molecule has 0 aromatic rings. The van der Waals surface area contributed by atoms with Crippen molar-refractivity contribution >= 4 is 5.91 Å². The molecule has 1 amide bonds. The maximum Gasteiger partial charge on any atom is 0.240 e. The van der Waals surface area contributed by atoms with Crippen molar-refractivity contribution in [3.8, 4) is 0 Å². The summed E-state index contributed by atoms with van der Waals surface area (Å²) >= 11 is 0. The fraction of sp³-hybridized carbons (Fsp3) is 0.923. The first-order valence-corrected chi connectivity index (χ1v) is 6.62. The van der Waals surface area contributed by atoms with Crippen LogP contribution in [-0.4, -0.2) is 5.91 Å². The standard InChI is InChI=1S/C13H22N2O/c1-2-12-4-9-3-10(5-12)7-13(6-9,8-12)11(16)15-14/h9-10H,2-8,14H2,1H3,(H,15,16). The molecule has 3 N–H and O–H groups in total. The van der Waals surface area contributed by atoms with Gasteiger partial charge in [-0.1, -0.05) is 13.3 Å². The Bertz CT molecular complexity index is 312. The second-order valence-electron chi connectivity index (χ2n) is 6.57. The summed E-state index contributed by atoms with van der Waals surface area (Å²) in [5.74, 6) is 7.07. The average molecular weight is 222 g/mol. The predicted molar refractivity (Wildman–Crippen MR) is 62.2 cm³/mol. The van der Waals surface area contributed by atoms with E-state index in [9.17, 15) is 4.79 Å². The molecule has 4 aliphatic rings. The molecule has 0 radical (unpaired) electrons. The van der Waals surface area contributed by atoms with Gasteiger partial charge in [-0.2, -0.15) is 0 Å². The highest BCUT2D eigenvalue weighted by atomic mass is 16.2. The minimum Gasteiger partial charge on any atom is -0.294 e. The van der Waals surface area contributed by atoms with Crippen LogP contribution < -0.4 is 11.3 Å². The Hall–Kier alpha value is -0.570. The second kappa shape index (κ2) is 3.22. The van der Waals surface area contributed by atoms with Crippen molar-refractivity contribution in [2.24, 2.45) is 28.5 Å². The van der Waals surface area contributed by atoms with Crippen molar-refractivity contribution in [1.29, 1.82) is 0 Å². The summed E-state index contributed by atoms with van der Waals surface area (Å²) in [5, 5.41) is 0. The highest BCUT2D eigenvalue weighted by Crippen LogP contribution is 2.66. The third-order valence-corrected chi connectivity index (χ3v) is 5.55. The first-order valence-electron chi connectivity index (χ1n) is 6.62. The maximum absolute atomic E-state index is 12.1. The molecular formula is C13H22N2O. The third kappa shape index (κ3) is 1.27. The van der Waals surface area contributed by atoms with E-state index in [0.29, 0.717) is 5.41 Å². The minimum atomic E-state index is -0.102. The van der Waals surface area contributed by atoms with Gasteiger partial charge in [-0.25, -0.2) is 5.84 Å². The lowest BCUT2D eigenvalue weighted by Crippen LogP contribution is -2.58. The van der Waals surface area contributed by atoms with E-state index in [-0.39, 0.29) is 11.3 Å². The van der Waals surface area contributed by atoms with Crippen molar-refractivity contribution in [1.82, 2.24) is 5.43 Å². The Balaban J connectivity index is 1.95. The molecule has 0 saturated heterocycles. The number of rotatable bonds is 2. The van der Waals surface area contributed by atoms with Gasteiger partial charge in [0.25, 0.3) is 0 Å². The lowest BCUT2D eigenvalue weighted by atomic mass is 9.43. The van der Waals surface area contributed by atoms with Crippen LogP contribution in [0.5, 0.6) is 0 Å². The van der Waals surface area contributed by atoms with Crippen molar-refractivity contribution in [2.75, 3.05) is 0 Å². The zero-order valence-electron chi connectivity index (χ0n) is 10.1. The van der Waals surface area contributed by atoms with E-state index in [0.717, 1.165) is 31.1 Å². The number of nitrogens with one attached hydrogen (secondary N) is 1. The molecule has 2 atom stereocenters. The van der Waals surface area contributed by atoms with Gasteiger partial charge in [0, 0.05) is 0 Å². The van der Waals surface area contributed by atoms with Gasteiger partial charge in [-0.05, 0) is 55.8 Å². The molecule has 0 aromatic carbocycles. The molecule has 4 fully saturated rings. The van der Waals surface area contributed by atoms with Crippen LogP contribution in [0.25, 0.3) is 0 Å². The van der Waals surface area contributed by atoms with Gasteiger partial charge in [0.2, 0.25) is 5.91 Å². The van der Waals surface area contributed by atoms with E-state index < -0.39 is 0 Å². The number of amides is 1. The molecule has 4 bridgehead atoms. The molecule has 3 nitrogen and oxygen atoms in total. The van der Waals surface area contributed by atoms with Gasteiger partial charge in [-0.15, -0.1) is 0 Å². The summed E-state index contributed by atoms with van der Waals surface area (Å²) in [4.78, 5) is 12.1. The molecule has 16 heavy (non-hydrogen) atoms. The van der Waals surface area contributed by atoms with Gasteiger partial charge >= 0.3 is 0 Å². The van der Waals surface area contributed by atoms with Gasteiger partial charge in [-0.3, -0.25) is 10.2 Å². The molecule has 3 heteroatoms. The first-order chi connectivity index (χ1) is 7.61. The number of hydrazine groups is 1. The second-order valence-corrected chi connectivity index (χ2v) is 6.57.